The van der Waals surface area contributed by atoms with E-state index in [1.807, 2.05) is 0 Å². The van der Waals surface area contributed by atoms with E-state index in [9.17, 15) is 17.6 Å². The molecule has 0 aliphatic carbocycles. The Balaban J connectivity index is 2.00. The first-order chi connectivity index (χ1) is 12.2. The number of carbonyl (C=O) groups excluding carboxylic acids is 1. The van der Waals surface area contributed by atoms with Crippen LogP contribution in [0.5, 0.6) is 0 Å². The van der Waals surface area contributed by atoms with Gasteiger partial charge in [0.15, 0.2) is 0 Å². The summed E-state index contributed by atoms with van der Waals surface area (Å²) >= 11 is 6.08. The van der Waals surface area contributed by atoms with Crippen LogP contribution >= 0.6 is 11.6 Å². The van der Waals surface area contributed by atoms with Crippen LogP contribution in [0.3, 0.4) is 0 Å². The predicted octanol–water partition coefficient (Wildman–Crippen LogP) is 3.69. The summed E-state index contributed by atoms with van der Waals surface area (Å²) in [5.74, 6) is -0.845. The minimum Gasteiger partial charge on any atom is -0.442 e. The number of hydrogen-bond acceptors (Lipinski definition) is 4. The summed E-state index contributed by atoms with van der Waals surface area (Å²) in [6, 6.07) is 7.91. The van der Waals surface area contributed by atoms with Gasteiger partial charge in [-0.05, 0) is 43.3 Å². The molecule has 26 heavy (non-hydrogen) atoms. The van der Waals surface area contributed by atoms with Gasteiger partial charge in [0, 0.05) is 23.6 Å². The van der Waals surface area contributed by atoms with Crippen LogP contribution in [-0.4, -0.2) is 21.4 Å². The van der Waals surface area contributed by atoms with Crippen LogP contribution in [0, 0.1) is 12.7 Å². The topological polar surface area (TPSA) is 88.4 Å². The van der Waals surface area contributed by atoms with Crippen molar-refractivity contribution in [1.82, 2.24) is 5.32 Å². The highest BCUT2D eigenvalue weighted by Crippen LogP contribution is 2.32. The molecule has 136 valence electrons. The van der Waals surface area contributed by atoms with Crippen molar-refractivity contribution in [2.24, 2.45) is 0 Å². The molecule has 3 rings (SSSR count). The SMILES string of the molecule is CNC(=O)c1ccc(NS(=O)(=O)c2oc3ccc(F)cc3c2C)c(Cl)c1. The number of hydrogen-bond donors (Lipinski definition) is 2. The second-order valence-electron chi connectivity index (χ2n) is 5.53. The van der Waals surface area contributed by atoms with Gasteiger partial charge in [-0.25, -0.2) is 4.39 Å². The normalized spacial score (nSPS) is 11.5. The molecular formula is C17H14ClFN2O4S. The maximum absolute atomic E-state index is 13.4. The number of aryl methyl sites for hydroxylation is 1. The molecule has 1 heterocycles. The third kappa shape index (κ3) is 3.25. The van der Waals surface area contributed by atoms with Gasteiger partial charge in [-0.3, -0.25) is 9.52 Å². The molecule has 0 spiro atoms. The lowest BCUT2D eigenvalue weighted by Gasteiger charge is -2.09. The Morgan fingerprint density at radius 1 is 1.19 bits per heavy atom. The number of fused-ring (bicyclic) bond motifs is 1. The molecule has 6 nitrogen and oxygen atoms in total. The van der Waals surface area contributed by atoms with Crippen LogP contribution in [0.25, 0.3) is 11.0 Å². The smallest absolute Gasteiger partial charge is 0.295 e. The molecule has 0 unspecified atom stereocenters. The molecule has 9 heteroatoms. The van der Waals surface area contributed by atoms with Crippen molar-refractivity contribution >= 4 is 44.2 Å². The van der Waals surface area contributed by atoms with Gasteiger partial charge in [-0.2, -0.15) is 8.42 Å². The Bertz CT molecular complexity index is 1130. The average Bonchev–Trinajstić information content (AvgIpc) is 2.93. The van der Waals surface area contributed by atoms with E-state index in [0.29, 0.717) is 5.39 Å². The van der Waals surface area contributed by atoms with Crippen LogP contribution < -0.4 is 10.0 Å². The highest BCUT2D eigenvalue weighted by Gasteiger charge is 2.25. The van der Waals surface area contributed by atoms with Crippen LogP contribution in [0.1, 0.15) is 15.9 Å². The summed E-state index contributed by atoms with van der Waals surface area (Å²) in [6.07, 6.45) is 0. The number of furan rings is 1. The molecular weight excluding hydrogens is 383 g/mol. The van der Waals surface area contributed by atoms with Crippen molar-refractivity contribution in [2.45, 2.75) is 12.0 Å². The number of halogens is 2. The van der Waals surface area contributed by atoms with Crippen LogP contribution in [-0.2, 0) is 10.0 Å². The third-order valence-corrected chi connectivity index (χ3v) is 5.48. The van der Waals surface area contributed by atoms with E-state index in [4.69, 9.17) is 16.0 Å². The van der Waals surface area contributed by atoms with E-state index < -0.39 is 15.8 Å². The number of carbonyl (C=O) groups is 1. The Morgan fingerprint density at radius 2 is 1.92 bits per heavy atom. The van der Waals surface area contributed by atoms with Gasteiger partial charge < -0.3 is 9.73 Å². The molecule has 2 N–H and O–H groups in total. The summed E-state index contributed by atoms with van der Waals surface area (Å²) in [6.45, 7) is 1.52. The van der Waals surface area contributed by atoms with Gasteiger partial charge in [0.1, 0.15) is 11.4 Å². The lowest BCUT2D eigenvalue weighted by molar-refractivity contribution is 0.0963. The zero-order valence-electron chi connectivity index (χ0n) is 13.8. The lowest BCUT2D eigenvalue weighted by Crippen LogP contribution is -2.18. The lowest BCUT2D eigenvalue weighted by atomic mass is 10.2. The van der Waals surface area contributed by atoms with Crippen molar-refractivity contribution in [3.05, 3.63) is 58.4 Å². The van der Waals surface area contributed by atoms with E-state index in [1.54, 1.807) is 0 Å². The van der Waals surface area contributed by atoms with Crippen LogP contribution in [0.15, 0.2) is 45.9 Å². The van der Waals surface area contributed by atoms with E-state index in [0.717, 1.165) is 0 Å². The van der Waals surface area contributed by atoms with Gasteiger partial charge in [0.2, 0.25) is 5.09 Å². The number of anilines is 1. The van der Waals surface area contributed by atoms with Crippen LogP contribution in [0.2, 0.25) is 5.02 Å². The van der Waals surface area contributed by atoms with Gasteiger partial charge in [-0.1, -0.05) is 11.6 Å². The highest BCUT2D eigenvalue weighted by atomic mass is 35.5. The fourth-order valence-electron chi connectivity index (χ4n) is 2.50. The van der Waals surface area contributed by atoms with E-state index in [-0.39, 0.29) is 38.4 Å². The Hall–Kier alpha value is -2.58. The Labute approximate surface area is 154 Å². The fourth-order valence-corrected chi connectivity index (χ4v) is 4.06. The zero-order valence-corrected chi connectivity index (χ0v) is 15.3. The first-order valence-electron chi connectivity index (χ1n) is 7.46. The molecule has 1 aromatic heterocycles. The van der Waals surface area contributed by atoms with Crippen LogP contribution in [0.4, 0.5) is 10.1 Å². The summed E-state index contributed by atoms with van der Waals surface area (Å²) in [7, 11) is -2.63. The molecule has 3 aromatic rings. The quantitative estimate of drug-likeness (QED) is 0.703. The van der Waals surface area contributed by atoms with Crippen molar-refractivity contribution in [3.8, 4) is 0 Å². The van der Waals surface area contributed by atoms with Crippen molar-refractivity contribution < 1.29 is 22.0 Å². The average molecular weight is 397 g/mol. The molecule has 0 aliphatic rings. The molecule has 0 saturated heterocycles. The minimum atomic E-state index is -4.10. The molecule has 2 aromatic carbocycles. The molecule has 0 bridgehead atoms. The monoisotopic (exact) mass is 396 g/mol. The standard InChI is InChI=1S/C17H14ClFN2O4S/c1-9-12-8-11(19)4-6-15(12)25-17(9)26(23,24)21-14-5-3-10(7-13(14)18)16(22)20-2/h3-8,21H,1-2H3,(H,20,22). The van der Waals surface area contributed by atoms with Crippen molar-refractivity contribution in [2.75, 3.05) is 11.8 Å². The Morgan fingerprint density at radius 3 is 2.58 bits per heavy atom. The third-order valence-electron chi connectivity index (χ3n) is 3.80. The first-order valence-corrected chi connectivity index (χ1v) is 9.32. The highest BCUT2D eigenvalue weighted by molar-refractivity contribution is 7.92. The molecule has 0 radical (unpaired) electrons. The molecule has 0 atom stereocenters. The summed E-state index contributed by atoms with van der Waals surface area (Å²) in [5.41, 5.74) is 0.914. The fraction of sp³-hybridized carbons (Fsp3) is 0.118. The van der Waals surface area contributed by atoms with Gasteiger partial charge in [0.05, 0.1) is 10.7 Å². The number of benzene rings is 2. The molecule has 0 aliphatic heterocycles. The largest absolute Gasteiger partial charge is 0.442 e. The molecule has 1 amide bonds. The van der Waals surface area contributed by atoms with Crippen molar-refractivity contribution in [3.63, 3.8) is 0 Å². The van der Waals surface area contributed by atoms with Gasteiger partial charge in [0.25, 0.3) is 15.9 Å². The van der Waals surface area contributed by atoms with E-state index in [2.05, 4.69) is 10.0 Å². The molecule has 0 fully saturated rings. The number of rotatable bonds is 4. The van der Waals surface area contributed by atoms with E-state index >= 15 is 0 Å². The first kappa shape index (κ1) is 18.2. The van der Waals surface area contributed by atoms with Gasteiger partial charge >= 0.3 is 0 Å². The summed E-state index contributed by atoms with van der Waals surface area (Å²) in [4.78, 5) is 11.6. The summed E-state index contributed by atoms with van der Waals surface area (Å²) in [5, 5.41) is 2.54. The predicted molar refractivity (Wildman–Crippen MR) is 96.6 cm³/mol. The number of sulfonamides is 1. The number of amides is 1. The maximum atomic E-state index is 13.4. The summed E-state index contributed by atoms with van der Waals surface area (Å²) < 4.78 is 46.4. The molecule has 0 saturated carbocycles. The number of nitrogens with one attached hydrogen (secondary N) is 2. The second-order valence-corrected chi connectivity index (χ2v) is 7.52. The van der Waals surface area contributed by atoms with Crippen molar-refractivity contribution in [1.29, 1.82) is 0 Å². The zero-order chi connectivity index (χ0) is 19.1. The van der Waals surface area contributed by atoms with E-state index in [1.165, 1.54) is 50.4 Å². The minimum absolute atomic E-state index is 0.0504. The maximum Gasteiger partial charge on any atom is 0.295 e. The second kappa shape index (κ2) is 6.62. The van der Waals surface area contributed by atoms with Gasteiger partial charge in [-0.15, -0.1) is 0 Å². The Kier molecular flexibility index (Phi) is 4.64.